The Kier molecular flexibility index (Phi) is 3.25. The minimum atomic E-state index is -0.779. The third-order valence-electron chi connectivity index (χ3n) is 1.74. The van der Waals surface area contributed by atoms with Gasteiger partial charge < -0.3 is 4.84 Å². The van der Waals surface area contributed by atoms with E-state index in [1.54, 1.807) is 0 Å². The van der Waals surface area contributed by atoms with Gasteiger partial charge in [-0.15, -0.1) is 10.1 Å². The van der Waals surface area contributed by atoms with Gasteiger partial charge in [0.1, 0.15) is 6.61 Å². The van der Waals surface area contributed by atoms with Crippen molar-refractivity contribution in [2.24, 2.45) is 0 Å². The number of aryl methyl sites for hydroxylation is 1. The van der Waals surface area contributed by atoms with Crippen molar-refractivity contribution in [1.82, 2.24) is 0 Å². The Morgan fingerprint density at radius 2 is 2.15 bits per heavy atom. The Balaban J connectivity index is 2.61. The van der Waals surface area contributed by atoms with E-state index in [1.165, 1.54) is 0 Å². The summed E-state index contributed by atoms with van der Waals surface area (Å²) in [6, 6.07) is 7.57. The normalized spacial score (nSPS) is 9.62. The molecule has 0 unspecified atom stereocenters. The second kappa shape index (κ2) is 4.45. The molecule has 0 aromatic heterocycles. The highest BCUT2D eigenvalue weighted by Crippen LogP contribution is 2.06. The van der Waals surface area contributed by atoms with Gasteiger partial charge in [0.05, 0.1) is 0 Å². The number of hydrogen-bond donors (Lipinski definition) is 0. The smallest absolute Gasteiger partial charge is 0.294 e. The Hall–Kier alpha value is -1.58. The van der Waals surface area contributed by atoms with Crippen molar-refractivity contribution in [3.05, 3.63) is 45.5 Å². The SMILES string of the molecule is CCc1cccc(CO[N+](=O)[O-])c1. The van der Waals surface area contributed by atoms with E-state index < -0.39 is 5.09 Å². The molecule has 0 heterocycles. The van der Waals surface area contributed by atoms with Crippen LogP contribution in [0.4, 0.5) is 0 Å². The highest BCUT2D eigenvalue weighted by Gasteiger charge is 1.97. The Bertz CT molecular complexity index is 299. The van der Waals surface area contributed by atoms with E-state index in [4.69, 9.17) is 0 Å². The molecule has 0 saturated carbocycles. The van der Waals surface area contributed by atoms with Crippen molar-refractivity contribution in [3.63, 3.8) is 0 Å². The summed E-state index contributed by atoms with van der Waals surface area (Å²) in [6.07, 6.45) is 0.923. The van der Waals surface area contributed by atoms with Crippen LogP contribution < -0.4 is 0 Å². The fraction of sp³-hybridized carbons (Fsp3) is 0.333. The van der Waals surface area contributed by atoms with Gasteiger partial charge in [-0.2, -0.15) is 0 Å². The van der Waals surface area contributed by atoms with Crippen molar-refractivity contribution < 1.29 is 9.92 Å². The Morgan fingerprint density at radius 1 is 1.46 bits per heavy atom. The van der Waals surface area contributed by atoms with Crippen molar-refractivity contribution in [1.29, 1.82) is 0 Å². The summed E-state index contributed by atoms with van der Waals surface area (Å²) in [5, 5.41) is 9.13. The van der Waals surface area contributed by atoms with Gasteiger partial charge in [-0.3, -0.25) is 0 Å². The summed E-state index contributed by atoms with van der Waals surface area (Å²) in [5.41, 5.74) is 1.99. The zero-order valence-corrected chi connectivity index (χ0v) is 7.40. The van der Waals surface area contributed by atoms with Crippen LogP contribution in [0.5, 0.6) is 0 Å². The maximum atomic E-state index is 9.91. The maximum absolute atomic E-state index is 9.91. The van der Waals surface area contributed by atoms with Gasteiger partial charge in [0.25, 0.3) is 5.09 Å². The predicted octanol–water partition coefficient (Wildman–Crippen LogP) is 1.96. The van der Waals surface area contributed by atoms with Crippen LogP contribution >= 0.6 is 0 Å². The molecule has 0 saturated heterocycles. The molecule has 0 spiro atoms. The van der Waals surface area contributed by atoms with E-state index in [-0.39, 0.29) is 6.61 Å². The third-order valence-corrected chi connectivity index (χ3v) is 1.74. The third kappa shape index (κ3) is 3.11. The van der Waals surface area contributed by atoms with E-state index in [0.717, 1.165) is 17.5 Å². The molecule has 4 nitrogen and oxygen atoms in total. The van der Waals surface area contributed by atoms with Gasteiger partial charge in [0.2, 0.25) is 0 Å². The molecule has 0 N–H and O–H groups in total. The molecule has 13 heavy (non-hydrogen) atoms. The van der Waals surface area contributed by atoms with Crippen LogP contribution in [0.3, 0.4) is 0 Å². The number of rotatable bonds is 4. The van der Waals surface area contributed by atoms with Crippen molar-refractivity contribution in [2.45, 2.75) is 20.0 Å². The van der Waals surface area contributed by atoms with Crippen LogP contribution in [0.15, 0.2) is 24.3 Å². The summed E-state index contributed by atoms with van der Waals surface area (Å²) < 4.78 is 0. The molecular weight excluding hydrogens is 170 g/mol. The van der Waals surface area contributed by atoms with Crippen LogP contribution in [0.25, 0.3) is 0 Å². The van der Waals surface area contributed by atoms with Crippen molar-refractivity contribution in [3.8, 4) is 0 Å². The lowest BCUT2D eigenvalue weighted by Crippen LogP contribution is -2.00. The first kappa shape index (κ1) is 9.51. The molecule has 4 heteroatoms. The van der Waals surface area contributed by atoms with Crippen LogP contribution in [-0.4, -0.2) is 5.09 Å². The molecule has 1 aromatic rings. The largest absolute Gasteiger partial charge is 0.309 e. The van der Waals surface area contributed by atoms with Crippen molar-refractivity contribution >= 4 is 0 Å². The molecule has 1 rings (SSSR count). The van der Waals surface area contributed by atoms with Gasteiger partial charge >= 0.3 is 0 Å². The summed E-state index contributed by atoms with van der Waals surface area (Å²) in [5.74, 6) is 0. The van der Waals surface area contributed by atoms with Gasteiger partial charge in [0, 0.05) is 0 Å². The summed E-state index contributed by atoms with van der Waals surface area (Å²) >= 11 is 0. The Labute approximate surface area is 76.2 Å². The van der Waals surface area contributed by atoms with Crippen LogP contribution in [-0.2, 0) is 17.9 Å². The van der Waals surface area contributed by atoms with Crippen LogP contribution in [0.2, 0.25) is 0 Å². The van der Waals surface area contributed by atoms with Crippen molar-refractivity contribution in [2.75, 3.05) is 0 Å². The highest BCUT2D eigenvalue weighted by atomic mass is 16.9. The van der Waals surface area contributed by atoms with Gasteiger partial charge in [-0.25, -0.2) is 0 Å². The average Bonchev–Trinajstić information content (AvgIpc) is 2.15. The van der Waals surface area contributed by atoms with Gasteiger partial charge in [0.15, 0.2) is 0 Å². The molecule has 0 aliphatic heterocycles. The zero-order valence-electron chi connectivity index (χ0n) is 7.40. The monoisotopic (exact) mass is 181 g/mol. The zero-order chi connectivity index (χ0) is 9.68. The van der Waals surface area contributed by atoms with E-state index in [1.807, 2.05) is 31.2 Å². The van der Waals surface area contributed by atoms with E-state index >= 15 is 0 Å². The minimum absolute atomic E-state index is 0.0286. The fourth-order valence-electron chi connectivity index (χ4n) is 1.07. The first-order chi connectivity index (χ1) is 6.22. The molecule has 1 aromatic carbocycles. The lowest BCUT2D eigenvalue weighted by molar-refractivity contribution is -0.763. The summed E-state index contributed by atoms with van der Waals surface area (Å²) in [6.45, 7) is 2.06. The van der Waals surface area contributed by atoms with E-state index in [9.17, 15) is 10.1 Å². The molecule has 0 atom stereocenters. The summed E-state index contributed by atoms with van der Waals surface area (Å²) in [4.78, 5) is 14.2. The van der Waals surface area contributed by atoms with Crippen LogP contribution in [0, 0.1) is 10.1 Å². The molecule has 70 valence electrons. The van der Waals surface area contributed by atoms with Gasteiger partial charge in [-0.1, -0.05) is 31.2 Å². The molecule has 0 aliphatic rings. The highest BCUT2D eigenvalue weighted by molar-refractivity contribution is 5.22. The summed E-state index contributed by atoms with van der Waals surface area (Å²) in [7, 11) is 0. The number of nitrogens with zero attached hydrogens (tertiary/aromatic N) is 1. The number of hydrogen-bond acceptors (Lipinski definition) is 3. The van der Waals surface area contributed by atoms with Gasteiger partial charge in [-0.05, 0) is 17.5 Å². The Morgan fingerprint density at radius 3 is 2.77 bits per heavy atom. The lowest BCUT2D eigenvalue weighted by atomic mass is 10.1. The van der Waals surface area contributed by atoms with E-state index in [0.29, 0.717) is 0 Å². The second-order valence-electron chi connectivity index (χ2n) is 2.67. The molecular formula is C9H11NO3. The molecule has 0 bridgehead atoms. The molecule has 0 radical (unpaired) electrons. The first-order valence-electron chi connectivity index (χ1n) is 4.07. The minimum Gasteiger partial charge on any atom is -0.309 e. The number of benzene rings is 1. The van der Waals surface area contributed by atoms with E-state index in [2.05, 4.69) is 4.84 Å². The first-order valence-corrected chi connectivity index (χ1v) is 4.07. The second-order valence-corrected chi connectivity index (χ2v) is 2.67. The molecule has 0 aliphatic carbocycles. The quantitative estimate of drug-likeness (QED) is 0.527. The average molecular weight is 181 g/mol. The molecule has 0 amide bonds. The predicted molar refractivity (Wildman–Crippen MR) is 47.6 cm³/mol. The standard InChI is InChI=1S/C9H11NO3/c1-2-8-4-3-5-9(6-8)7-13-10(11)12/h3-6H,2,7H2,1H3. The molecule has 0 fully saturated rings. The fourth-order valence-corrected chi connectivity index (χ4v) is 1.07. The maximum Gasteiger partial charge on any atom is 0.294 e. The lowest BCUT2D eigenvalue weighted by Gasteiger charge is -2.01. The van der Waals surface area contributed by atoms with Crippen LogP contribution in [0.1, 0.15) is 18.1 Å². The topological polar surface area (TPSA) is 52.4 Å².